The van der Waals surface area contributed by atoms with Gasteiger partial charge in [0, 0.05) is 12.5 Å². The van der Waals surface area contributed by atoms with Gasteiger partial charge in [-0.15, -0.1) is 0 Å². The van der Waals surface area contributed by atoms with Crippen molar-refractivity contribution in [2.45, 2.75) is 19.2 Å². The fourth-order valence-corrected chi connectivity index (χ4v) is 3.82. The smallest absolute Gasteiger partial charge is 0.243 e. The van der Waals surface area contributed by atoms with Gasteiger partial charge in [-0.25, -0.2) is 8.42 Å². The Labute approximate surface area is 132 Å². The van der Waals surface area contributed by atoms with Crippen LogP contribution in [0.25, 0.3) is 0 Å². The van der Waals surface area contributed by atoms with E-state index < -0.39 is 29.0 Å². The highest BCUT2D eigenvalue weighted by Gasteiger charge is 2.14. The van der Waals surface area contributed by atoms with Crippen LogP contribution in [0.1, 0.15) is 13.0 Å². The molecule has 20 heavy (non-hydrogen) atoms. The van der Waals surface area contributed by atoms with Crippen LogP contribution in [0.4, 0.5) is 0 Å². The average molecular weight is 382 g/mol. The van der Waals surface area contributed by atoms with Gasteiger partial charge in [-0.05, 0) is 40.4 Å². The first-order valence-corrected chi connectivity index (χ1v) is 11.3. The molecule has 0 aliphatic carbocycles. The maximum absolute atomic E-state index is 11.5. The lowest BCUT2D eigenvalue weighted by atomic mass is 10.2. The maximum atomic E-state index is 11.5. The van der Waals surface area contributed by atoms with E-state index in [1.807, 2.05) is 6.92 Å². The summed E-state index contributed by atoms with van der Waals surface area (Å²) < 4.78 is 46.5. The first kappa shape index (κ1) is 22.1. The predicted molar refractivity (Wildman–Crippen MR) is 87.4 cm³/mol. The van der Waals surface area contributed by atoms with Gasteiger partial charge < -0.3 is 0 Å². The summed E-state index contributed by atoms with van der Waals surface area (Å²) in [5.41, 5.74) is 0.928. The molecule has 0 spiro atoms. The van der Waals surface area contributed by atoms with E-state index in [0.29, 0.717) is 0 Å². The molecule has 0 fully saturated rings. The number of halogens is 2. The Morgan fingerprint density at radius 3 is 1.80 bits per heavy atom. The van der Waals surface area contributed by atoms with Gasteiger partial charge in [0.25, 0.3) is 10.0 Å². The number of aryl methyl sites for hydroxylation is 1. The van der Waals surface area contributed by atoms with Crippen LogP contribution in [0.5, 0.6) is 0 Å². The zero-order valence-electron chi connectivity index (χ0n) is 10.4. The first-order valence-electron chi connectivity index (χ1n) is 4.68. The molecule has 0 aliphatic rings. The molecule has 0 amide bonds. The van der Waals surface area contributed by atoms with E-state index in [4.69, 9.17) is 21.4 Å². The summed E-state index contributed by atoms with van der Waals surface area (Å²) in [6.07, 6.45) is 2.46. The highest BCUT2D eigenvalue weighted by Crippen LogP contribution is 2.15. The topological polar surface area (TPSA) is 80.6 Å². The van der Waals surface area contributed by atoms with Gasteiger partial charge >= 0.3 is 0 Å². The Kier molecular flexibility index (Phi) is 9.95. The van der Waals surface area contributed by atoms with Crippen molar-refractivity contribution in [2.75, 3.05) is 12.5 Å². The van der Waals surface area contributed by atoms with Crippen LogP contribution in [-0.2, 0) is 29.0 Å². The van der Waals surface area contributed by atoms with Crippen molar-refractivity contribution in [3.8, 4) is 0 Å². The van der Waals surface area contributed by atoms with E-state index >= 15 is 0 Å². The molecule has 0 N–H and O–H groups in total. The lowest BCUT2D eigenvalue weighted by Crippen LogP contribution is -1.99. The highest BCUT2D eigenvalue weighted by molar-refractivity contribution is 8.18. The van der Waals surface area contributed by atoms with E-state index in [0.717, 1.165) is 11.8 Å². The minimum Gasteiger partial charge on any atom is -0.243 e. The number of nitrogens with zero attached hydrogens (tertiary/aromatic N) is 1. The molecule has 1 aromatic carbocycles. The molecule has 1 rings (SSSR count). The van der Waals surface area contributed by atoms with Crippen LogP contribution >= 0.6 is 21.4 Å². The van der Waals surface area contributed by atoms with Crippen molar-refractivity contribution >= 4 is 50.3 Å². The molecule has 0 saturated carbocycles. The van der Waals surface area contributed by atoms with Gasteiger partial charge in [0.2, 0.25) is 0 Å². The molecule has 2 atom stereocenters. The summed E-state index contributed by atoms with van der Waals surface area (Å²) in [6, 6.07) is 6.06. The van der Waals surface area contributed by atoms with Gasteiger partial charge in [0.15, 0.2) is 0 Å². The highest BCUT2D eigenvalue weighted by atomic mass is 35.7. The van der Waals surface area contributed by atoms with Crippen molar-refractivity contribution < 1.29 is 16.8 Å². The summed E-state index contributed by atoms with van der Waals surface area (Å²) in [4.78, 5) is -0.0108. The molecular formula is C10H17Cl2NO4S3. The molecule has 0 heterocycles. The number of benzene rings is 1. The third-order valence-electron chi connectivity index (χ3n) is 1.55. The van der Waals surface area contributed by atoms with Gasteiger partial charge in [0.1, 0.15) is 19.0 Å². The van der Waals surface area contributed by atoms with E-state index in [1.54, 1.807) is 12.1 Å². The zero-order chi connectivity index (χ0) is 15.3. The van der Waals surface area contributed by atoms with Crippen molar-refractivity contribution in [3.05, 3.63) is 29.8 Å². The standard InChI is InChI=1S/C8H10ClNO3S2.CH3ClOS.CH4/c1-7-3-5-8(6-4-7)15(12,13)10-14(2,9)11;1-4(2)3;/h3-6H,1-2H3;1H3;1H4. The number of rotatable bonds is 2. The zero-order valence-corrected chi connectivity index (χ0v) is 14.3. The van der Waals surface area contributed by atoms with Crippen LogP contribution < -0.4 is 0 Å². The van der Waals surface area contributed by atoms with Gasteiger partial charge in [-0.2, -0.15) is 8.42 Å². The molecule has 0 radical (unpaired) electrons. The van der Waals surface area contributed by atoms with E-state index in [1.165, 1.54) is 18.4 Å². The van der Waals surface area contributed by atoms with Crippen LogP contribution in [0, 0.1) is 6.92 Å². The molecule has 0 aromatic heterocycles. The molecule has 5 nitrogen and oxygen atoms in total. The lowest BCUT2D eigenvalue weighted by Gasteiger charge is -1.99. The Bertz CT molecular complexity index is 650. The first-order chi connectivity index (χ1) is 8.44. The quantitative estimate of drug-likeness (QED) is 0.736. The summed E-state index contributed by atoms with van der Waals surface area (Å²) in [5.74, 6) is 0. The van der Waals surface area contributed by atoms with Crippen molar-refractivity contribution in [1.29, 1.82) is 0 Å². The Morgan fingerprint density at radius 2 is 1.50 bits per heavy atom. The van der Waals surface area contributed by atoms with E-state index in [9.17, 15) is 16.8 Å². The second kappa shape index (κ2) is 8.99. The fourth-order valence-electron chi connectivity index (χ4n) is 0.929. The van der Waals surface area contributed by atoms with Crippen molar-refractivity contribution in [2.24, 2.45) is 3.77 Å². The molecule has 1 aromatic rings. The van der Waals surface area contributed by atoms with Crippen LogP contribution in [0.15, 0.2) is 32.9 Å². The van der Waals surface area contributed by atoms with Crippen molar-refractivity contribution in [3.63, 3.8) is 0 Å². The summed E-state index contributed by atoms with van der Waals surface area (Å²) in [5, 5.41) is 0. The average Bonchev–Trinajstić information content (AvgIpc) is 2.13. The van der Waals surface area contributed by atoms with E-state index in [-0.39, 0.29) is 12.3 Å². The molecule has 2 unspecified atom stereocenters. The number of hydrogen-bond donors (Lipinski definition) is 0. The second-order valence-electron chi connectivity index (χ2n) is 3.46. The summed E-state index contributed by atoms with van der Waals surface area (Å²) >= 11 is 0. The van der Waals surface area contributed by atoms with Crippen LogP contribution in [0.3, 0.4) is 0 Å². The normalized spacial score (nSPS) is 14.8. The minimum atomic E-state index is -3.92. The molecule has 0 bridgehead atoms. The number of hydrogen-bond acceptors (Lipinski definition) is 4. The van der Waals surface area contributed by atoms with Gasteiger partial charge in [-0.1, -0.05) is 28.9 Å². The third kappa shape index (κ3) is 10.6. The largest absolute Gasteiger partial charge is 0.291 e. The Balaban J connectivity index is 0. The number of sulfonamides is 1. The van der Waals surface area contributed by atoms with Crippen molar-refractivity contribution in [1.82, 2.24) is 0 Å². The molecule has 10 heteroatoms. The Hall–Kier alpha value is -0.150. The van der Waals surface area contributed by atoms with Crippen LogP contribution in [-0.4, -0.2) is 29.3 Å². The molecular weight excluding hydrogens is 365 g/mol. The predicted octanol–water partition coefficient (Wildman–Crippen LogP) is 3.09. The third-order valence-corrected chi connectivity index (χ3v) is 4.78. The summed E-state index contributed by atoms with van der Waals surface area (Å²) in [6.45, 7) is 1.83. The molecule has 118 valence electrons. The van der Waals surface area contributed by atoms with Crippen LogP contribution in [0.2, 0.25) is 0 Å². The van der Waals surface area contributed by atoms with Gasteiger partial charge in [-0.3, -0.25) is 0 Å². The second-order valence-corrected chi connectivity index (χ2v) is 10.7. The lowest BCUT2D eigenvalue weighted by molar-refractivity contribution is 0.598. The summed E-state index contributed by atoms with van der Waals surface area (Å²) in [7, 11) is 1.79. The van der Waals surface area contributed by atoms with E-state index in [2.05, 4.69) is 3.77 Å². The maximum Gasteiger partial charge on any atom is 0.291 e. The fraction of sp³-hybridized carbons (Fsp3) is 0.400. The molecule has 0 aliphatic heterocycles. The SMILES string of the molecule is C.CS(=O)Cl.Cc1ccc(S(=O)(=O)N=S(C)(=O)Cl)cc1. The van der Waals surface area contributed by atoms with Gasteiger partial charge in [0.05, 0.1) is 4.90 Å². The minimum absolute atomic E-state index is 0. The Morgan fingerprint density at radius 1 is 1.15 bits per heavy atom. The monoisotopic (exact) mass is 381 g/mol. The molecule has 0 saturated heterocycles.